The van der Waals surface area contributed by atoms with Crippen molar-refractivity contribution in [2.24, 2.45) is 5.92 Å². The van der Waals surface area contributed by atoms with Crippen LogP contribution in [0.4, 0.5) is 5.82 Å². The Labute approximate surface area is 130 Å². The summed E-state index contributed by atoms with van der Waals surface area (Å²) in [6.45, 7) is 4.13. The van der Waals surface area contributed by atoms with E-state index in [1.165, 1.54) is 18.6 Å². The second kappa shape index (κ2) is 6.58. The molecule has 0 saturated carbocycles. The molecule has 0 radical (unpaired) electrons. The number of sulfone groups is 1. The van der Waals surface area contributed by atoms with Crippen LogP contribution in [0.3, 0.4) is 0 Å². The lowest BCUT2D eigenvalue weighted by Gasteiger charge is -2.19. The van der Waals surface area contributed by atoms with Crippen molar-refractivity contribution in [1.82, 2.24) is 9.97 Å². The zero-order valence-corrected chi connectivity index (χ0v) is 13.8. The minimum Gasteiger partial charge on any atom is -0.394 e. The smallest absolute Gasteiger partial charge is 0.175 e. The highest BCUT2D eigenvalue weighted by Gasteiger charge is 2.14. The monoisotopic (exact) mass is 323 g/mol. The van der Waals surface area contributed by atoms with E-state index in [-0.39, 0.29) is 17.5 Å². The van der Waals surface area contributed by atoms with Crippen molar-refractivity contribution in [3.63, 3.8) is 0 Å². The Morgan fingerprint density at radius 1 is 1.27 bits per heavy atom. The maximum Gasteiger partial charge on any atom is 0.175 e. The van der Waals surface area contributed by atoms with Gasteiger partial charge in [-0.1, -0.05) is 13.8 Å². The molecule has 2 N–H and O–H groups in total. The van der Waals surface area contributed by atoms with E-state index in [1.807, 2.05) is 0 Å². The fourth-order valence-corrected chi connectivity index (χ4v) is 2.97. The quantitative estimate of drug-likeness (QED) is 0.843. The lowest BCUT2D eigenvalue weighted by molar-refractivity contribution is 0.259. The van der Waals surface area contributed by atoms with E-state index < -0.39 is 9.84 Å². The number of aliphatic hydroxyl groups excluding tert-OH is 1. The van der Waals surface area contributed by atoms with Crippen molar-refractivity contribution in [3.8, 4) is 0 Å². The van der Waals surface area contributed by atoms with Crippen LogP contribution in [0.2, 0.25) is 0 Å². The first-order valence-electron chi connectivity index (χ1n) is 7.13. The minimum atomic E-state index is -3.30. The van der Waals surface area contributed by atoms with Crippen LogP contribution in [0, 0.1) is 5.92 Å². The van der Waals surface area contributed by atoms with Crippen molar-refractivity contribution in [2.75, 3.05) is 18.2 Å². The van der Waals surface area contributed by atoms with Gasteiger partial charge in [0.25, 0.3) is 0 Å². The molecule has 0 spiro atoms. The average Bonchev–Trinajstić information content (AvgIpc) is 2.45. The predicted octanol–water partition coefficient (Wildman–Crippen LogP) is 1.85. The Bertz CT molecular complexity index is 760. The first-order valence-corrected chi connectivity index (χ1v) is 9.02. The van der Waals surface area contributed by atoms with Crippen molar-refractivity contribution in [3.05, 3.63) is 24.5 Å². The fourth-order valence-electron chi connectivity index (χ4n) is 2.32. The average molecular weight is 323 g/mol. The van der Waals surface area contributed by atoms with Crippen LogP contribution in [0.15, 0.2) is 29.4 Å². The maximum absolute atomic E-state index is 11.7. The maximum atomic E-state index is 11.7. The Morgan fingerprint density at radius 2 is 2.00 bits per heavy atom. The Balaban J connectivity index is 2.44. The summed E-state index contributed by atoms with van der Waals surface area (Å²) in [5, 5.41) is 13.3. The third kappa shape index (κ3) is 3.92. The Hall–Kier alpha value is -1.73. The van der Waals surface area contributed by atoms with E-state index in [0.29, 0.717) is 22.6 Å². The molecule has 0 unspecified atom stereocenters. The number of hydrogen-bond acceptors (Lipinski definition) is 6. The zero-order valence-electron chi connectivity index (χ0n) is 12.9. The second-order valence-electron chi connectivity index (χ2n) is 5.83. The van der Waals surface area contributed by atoms with E-state index in [9.17, 15) is 13.5 Å². The van der Waals surface area contributed by atoms with Gasteiger partial charge in [0.1, 0.15) is 12.1 Å². The van der Waals surface area contributed by atoms with Crippen molar-refractivity contribution in [2.45, 2.75) is 31.2 Å². The second-order valence-corrected chi connectivity index (χ2v) is 7.84. The van der Waals surface area contributed by atoms with Crippen LogP contribution in [-0.4, -0.2) is 42.4 Å². The summed E-state index contributed by atoms with van der Waals surface area (Å²) in [6.07, 6.45) is 3.38. The van der Waals surface area contributed by atoms with Gasteiger partial charge < -0.3 is 10.4 Å². The third-order valence-electron chi connectivity index (χ3n) is 3.35. The van der Waals surface area contributed by atoms with Crippen LogP contribution in [0.5, 0.6) is 0 Å². The van der Waals surface area contributed by atoms with Gasteiger partial charge in [-0.2, -0.15) is 0 Å². The van der Waals surface area contributed by atoms with Gasteiger partial charge in [0.2, 0.25) is 0 Å². The highest BCUT2D eigenvalue weighted by molar-refractivity contribution is 7.90. The minimum absolute atomic E-state index is 0.0184. The summed E-state index contributed by atoms with van der Waals surface area (Å²) < 4.78 is 23.4. The van der Waals surface area contributed by atoms with Crippen LogP contribution in [0.25, 0.3) is 10.9 Å². The molecule has 0 saturated heterocycles. The van der Waals surface area contributed by atoms with E-state index >= 15 is 0 Å². The molecule has 0 aliphatic carbocycles. The van der Waals surface area contributed by atoms with E-state index in [2.05, 4.69) is 29.1 Å². The normalized spacial score (nSPS) is 13.5. The molecule has 0 amide bonds. The highest BCUT2D eigenvalue weighted by atomic mass is 32.2. The third-order valence-corrected chi connectivity index (χ3v) is 4.46. The van der Waals surface area contributed by atoms with Gasteiger partial charge in [-0.25, -0.2) is 18.4 Å². The molecule has 120 valence electrons. The molecule has 1 aromatic carbocycles. The molecule has 22 heavy (non-hydrogen) atoms. The fraction of sp³-hybridized carbons (Fsp3) is 0.467. The van der Waals surface area contributed by atoms with E-state index in [1.54, 1.807) is 12.1 Å². The molecule has 0 fully saturated rings. The molecule has 0 bridgehead atoms. The topological polar surface area (TPSA) is 92.2 Å². The summed E-state index contributed by atoms with van der Waals surface area (Å²) >= 11 is 0. The van der Waals surface area contributed by atoms with E-state index in [0.717, 1.165) is 6.42 Å². The number of aliphatic hydroxyl groups is 1. The number of nitrogens with one attached hydrogen (secondary N) is 1. The molecule has 0 aliphatic heterocycles. The van der Waals surface area contributed by atoms with Crippen LogP contribution < -0.4 is 5.32 Å². The lowest BCUT2D eigenvalue weighted by Crippen LogP contribution is -2.26. The van der Waals surface area contributed by atoms with Crippen LogP contribution in [-0.2, 0) is 9.84 Å². The summed E-state index contributed by atoms with van der Waals surface area (Å²) in [5.41, 5.74) is 0.658. The molecule has 1 aromatic heterocycles. The molecular formula is C15H21N3O3S. The van der Waals surface area contributed by atoms with Crippen LogP contribution >= 0.6 is 0 Å². The lowest BCUT2D eigenvalue weighted by atomic mass is 10.0. The highest BCUT2D eigenvalue weighted by Crippen LogP contribution is 2.24. The number of rotatable bonds is 6. The molecule has 0 aliphatic rings. The van der Waals surface area contributed by atoms with Crippen molar-refractivity contribution < 1.29 is 13.5 Å². The number of nitrogens with zero attached hydrogens (tertiary/aromatic N) is 2. The number of benzene rings is 1. The molecule has 2 aromatic rings. The molecule has 2 rings (SSSR count). The number of aromatic nitrogens is 2. The Morgan fingerprint density at radius 3 is 2.59 bits per heavy atom. The number of anilines is 1. The van der Waals surface area contributed by atoms with Gasteiger partial charge in [0.05, 0.1) is 23.1 Å². The van der Waals surface area contributed by atoms with Gasteiger partial charge in [0.15, 0.2) is 9.84 Å². The first-order chi connectivity index (χ1) is 10.3. The summed E-state index contributed by atoms with van der Waals surface area (Å²) in [5.74, 6) is 0.958. The zero-order chi connectivity index (χ0) is 16.3. The molecule has 1 atom stereocenters. The number of fused-ring (bicyclic) bond motifs is 1. The Kier molecular flexibility index (Phi) is 4.97. The van der Waals surface area contributed by atoms with Gasteiger partial charge in [-0.3, -0.25) is 0 Å². The largest absolute Gasteiger partial charge is 0.394 e. The van der Waals surface area contributed by atoms with Gasteiger partial charge in [0, 0.05) is 11.6 Å². The molecule has 1 heterocycles. The predicted molar refractivity (Wildman–Crippen MR) is 86.6 cm³/mol. The molecule has 7 heteroatoms. The van der Waals surface area contributed by atoms with E-state index in [4.69, 9.17) is 0 Å². The summed E-state index contributed by atoms with van der Waals surface area (Å²) in [7, 11) is -3.30. The summed E-state index contributed by atoms with van der Waals surface area (Å²) in [4.78, 5) is 8.57. The SMILES string of the molecule is CC(C)C[C@@H](CO)Nc1ncnc2ccc(S(C)(=O)=O)cc12. The van der Waals surface area contributed by atoms with Gasteiger partial charge >= 0.3 is 0 Å². The van der Waals surface area contributed by atoms with Crippen molar-refractivity contribution >= 4 is 26.6 Å². The first kappa shape index (κ1) is 16.6. The number of hydrogen-bond donors (Lipinski definition) is 2. The molecule has 6 nitrogen and oxygen atoms in total. The molecular weight excluding hydrogens is 302 g/mol. The summed E-state index contributed by atoms with van der Waals surface area (Å²) in [6, 6.07) is 4.62. The van der Waals surface area contributed by atoms with Crippen molar-refractivity contribution in [1.29, 1.82) is 0 Å². The van der Waals surface area contributed by atoms with Gasteiger partial charge in [-0.05, 0) is 30.5 Å². The standard InChI is InChI=1S/C15H21N3O3S/c1-10(2)6-11(8-19)18-15-13-7-12(22(3,20)21)4-5-14(13)16-9-17-15/h4-5,7,9-11,19H,6,8H2,1-3H3,(H,16,17,18)/t11-/m0/s1. The van der Waals surface area contributed by atoms with Crippen LogP contribution in [0.1, 0.15) is 20.3 Å². The van der Waals surface area contributed by atoms with Gasteiger partial charge in [-0.15, -0.1) is 0 Å².